The van der Waals surface area contributed by atoms with Gasteiger partial charge in [-0.25, -0.2) is 17.7 Å². The summed E-state index contributed by atoms with van der Waals surface area (Å²) in [5.41, 5.74) is 1.45. The fraction of sp³-hybridized carbons (Fsp3) is 0.200. The molecule has 0 fully saturated rings. The van der Waals surface area contributed by atoms with E-state index in [0.717, 1.165) is 11.0 Å². The molecule has 1 amide bonds. The van der Waals surface area contributed by atoms with Gasteiger partial charge in [-0.3, -0.25) is 4.79 Å². The van der Waals surface area contributed by atoms with Crippen LogP contribution in [-0.2, 0) is 14.8 Å². The van der Waals surface area contributed by atoms with Crippen molar-refractivity contribution in [3.8, 4) is 11.5 Å². The molecular formula is C20H19N3O4S3. The summed E-state index contributed by atoms with van der Waals surface area (Å²) in [5, 5.41) is 7.79. The van der Waals surface area contributed by atoms with Crippen LogP contribution >= 0.6 is 22.7 Å². The van der Waals surface area contributed by atoms with Gasteiger partial charge in [-0.05, 0) is 30.0 Å². The maximum atomic E-state index is 12.4. The number of thiophene rings is 1. The molecule has 1 aromatic carbocycles. The summed E-state index contributed by atoms with van der Waals surface area (Å²) in [5.74, 6) is 0.441. The zero-order chi connectivity index (χ0) is 21.1. The van der Waals surface area contributed by atoms with Gasteiger partial charge in [0.1, 0.15) is 15.5 Å². The Morgan fingerprint density at radius 2 is 2.03 bits per heavy atom. The van der Waals surface area contributed by atoms with Crippen LogP contribution in [0.2, 0.25) is 0 Å². The fourth-order valence-electron chi connectivity index (χ4n) is 2.88. The van der Waals surface area contributed by atoms with Gasteiger partial charge in [0.05, 0.1) is 0 Å². The van der Waals surface area contributed by atoms with Crippen LogP contribution in [0.15, 0.2) is 61.9 Å². The van der Waals surface area contributed by atoms with Gasteiger partial charge in [0.15, 0.2) is 10.9 Å². The molecule has 1 N–H and O–H groups in total. The molecule has 0 saturated carbocycles. The SMILES string of the molecule is CN(CCCC(=O)Nc1nc(-c2cc3ccccc3o2)cs1)S(=O)(=O)c1cccs1. The monoisotopic (exact) mass is 461 g/mol. The van der Waals surface area contributed by atoms with E-state index in [4.69, 9.17) is 4.42 Å². The third kappa shape index (κ3) is 4.46. The Kier molecular flexibility index (Phi) is 6.00. The second-order valence-corrected chi connectivity index (χ2v) is 10.7. The Labute approximate surface area is 182 Å². The first-order chi connectivity index (χ1) is 14.4. The molecular weight excluding hydrogens is 442 g/mol. The van der Waals surface area contributed by atoms with Crippen molar-refractivity contribution in [3.63, 3.8) is 0 Å². The Hall–Kier alpha value is -2.53. The number of para-hydroxylation sites is 1. The average Bonchev–Trinajstić information content (AvgIpc) is 3.47. The standard InChI is InChI=1S/C20H19N3O4S3/c1-23(30(25,26)19-9-5-11-28-19)10-4-8-18(24)22-20-21-15(13-29-20)17-12-14-6-2-3-7-16(14)27-17/h2-3,5-7,9,11-13H,4,8,10H2,1H3,(H,21,22,24). The van der Waals surface area contributed by atoms with E-state index < -0.39 is 10.0 Å². The number of anilines is 1. The van der Waals surface area contributed by atoms with Gasteiger partial charge < -0.3 is 9.73 Å². The molecule has 3 aromatic heterocycles. The number of furan rings is 1. The largest absolute Gasteiger partial charge is 0.454 e. The quantitative estimate of drug-likeness (QED) is 0.412. The minimum atomic E-state index is -3.49. The van der Waals surface area contributed by atoms with Crippen LogP contribution in [0, 0.1) is 0 Å². The predicted octanol–water partition coefficient (Wildman–Crippen LogP) is 4.66. The lowest BCUT2D eigenvalue weighted by molar-refractivity contribution is -0.116. The predicted molar refractivity (Wildman–Crippen MR) is 119 cm³/mol. The smallest absolute Gasteiger partial charge is 0.252 e. The van der Waals surface area contributed by atoms with Crippen molar-refractivity contribution in [2.45, 2.75) is 17.1 Å². The second-order valence-electron chi connectivity index (χ2n) is 6.60. The molecule has 4 aromatic rings. The summed E-state index contributed by atoms with van der Waals surface area (Å²) < 4.78 is 32.1. The molecule has 4 rings (SSSR count). The van der Waals surface area contributed by atoms with E-state index in [1.807, 2.05) is 35.7 Å². The van der Waals surface area contributed by atoms with Crippen molar-refractivity contribution >= 4 is 54.7 Å². The van der Waals surface area contributed by atoms with Gasteiger partial charge >= 0.3 is 0 Å². The second kappa shape index (κ2) is 8.68. The van der Waals surface area contributed by atoms with E-state index >= 15 is 0 Å². The van der Waals surface area contributed by atoms with Gasteiger partial charge in [0.25, 0.3) is 10.0 Å². The first kappa shape index (κ1) is 20.7. The summed E-state index contributed by atoms with van der Waals surface area (Å²) >= 11 is 2.49. The molecule has 30 heavy (non-hydrogen) atoms. The fourth-order valence-corrected chi connectivity index (χ4v) is 6.01. The number of amides is 1. The van der Waals surface area contributed by atoms with E-state index in [2.05, 4.69) is 10.3 Å². The van der Waals surface area contributed by atoms with Crippen LogP contribution in [-0.4, -0.2) is 37.2 Å². The number of carbonyl (C=O) groups excluding carboxylic acids is 1. The minimum absolute atomic E-state index is 0.198. The van der Waals surface area contributed by atoms with Gasteiger partial charge in [0.2, 0.25) is 5.91 Å². The molecule has 0 saturated heterocycles. The number of benzene rings is 1. The summed E-state index contributed by atoms with van der Waals surface area (Å²) in [4.78, 5) is 16.6. The first-order valence-electron chi connectivity index (χ1n) is 9.17. The number of hydrogen-bond acceptors (Lipinski definition) is 7. The third-order valence-electron chi connectivity index (χ3n) is 4.46. The summed E-state index contributed by atoms with van der Waals surface area (Å²) in [6.45, 7) is 0.260. The molecule has 156 valence electrons. The zero-order valence-electron chi connectivity index (χ0n) is 16.1. The van der Waals surface area contributed by atoms with Crippen LogP contribution in [0.25, 0.3) is 22.4 Å². The van der Waals surface area contributed by atoms with E-state index in [-0.39, 0.29) is 18.9 Å². The highest BCUT2D eigenvalue weighted by Gasteiger charge is 2.21. The molecule has 0 atom stereocenters. The molecule has 0 bridgehead atoms. The molecule has 7 nitrogen and oxygen atoms in total. The summed E-state index contributed by atoms with van der Waals surface area (Å²) in [7, 11) is -1.97. The number of thiazole rings is 1. The number of hydrogen-bond donors (Lipinski definition) is 1. The molecule has 0 radical (unpaired) electrons. The van der Waals surface area contributed by atoms with Crippen LogP contribution < -0.4 is 5.32 Å². The zero-order valence-corrected chi connectivity index (χ0v) is 18.5. The molecule has 10 heteroatoms. The summed E-state index contributed by atoms with van der Waals surface area (Å²) in [6.07, 6.45) is 0.610. The Morgan fingerprint density at radius 1 is 1.20 bits per heavy atom. The van der Waals surface area contributed by atoms with Crippen LogP contribution in [0.4, 0.5) is 5.13 Å². The van der Waals surface area contributed by atoms with Crippen molar-refractivity contribution < 1.29 is 17.6 Å². The van der Waals surface area contributed by atoms with Crippen molar-refractivity contribution in [1.82, 2.24) is 9.29 Å². The number of sulfonamides is 1. The number of rotatable bonds is 8. The van der Waals surface area contributed by atoms with Gasteiger partial charge in [-0.15, -0.1) is 22.7 Å². The van der Waals surface area contributed by atoms with Crippen molar-refractivity contribution in [2.75, 3.05) is 18.9 Å². The highest BCUT2D eigenvalue weighted by molar-refractivity contribution is 7.91. The lowest BCUT2D eigenvalue weighted by atomic mass is 10.2. The Morgan fingerprint density at radius 3 is 2.80 bits per heavy atom. The van der Waals surface area contributed by atoms with E-state index in [9.17, 15) is 13.2 Å². The van der Waals surface area contributed by atoms with Gasteiger partial charge in [0, 0.05) is 30.8 Å². The lowest BCUT2D eigenvalue weighted by Gasteiger charge is -2.15. The molecule has 0 aliphatic heterocycles. The number of carbonyl (C=O) groups is 1. The number of nitrogens with zero attached hydrogens (tertiary/aromatic N) is 2. The topological polar surface area (TPSA) is 92.5 Å². The van der Waals surface area contributed by atoms with Crippen molar-refractivity contribution in [2.24, 2.45) is 0 Å². The highest BCUT2D eigenvalue weighted by Crippen LogP contribution is 2.30. The number of fused-ring (bicyclic) bond motifs is 1. The maximum Gasteiger partial charge on any atom is 0.252 e. The summed E-state index contributed by atoms with van der Waals surface area (Å²) in [6, 6.07) is 12.9. The van der Waals surface area contributed by atoms with E-state index in [1.165, 1.54) is 34.0 Å². The molecule has 0 unspecified atom stereocenters. The van der Waals surface area contributed by atoms with Gasteiger partial charge in [-0.1, -0.05) is 24.3 Å². The van der Waals surface area contributed by atoms with Crippen molar-refractivity contribution in [3.05, 3.63) is 53.2 Å². The molecule has 0 aliphatic carbocycles. The highest BCUT2D eigenvalue weighted by atomic mass is 32.2. The first-order valence-corrected chi connectivity index (χ1v) is 12.4. The Balaban J connectivity index is 1.30. The maximum absolute atomic E-state index is 12.4. The number of aromatic nitrogens is 1. The molecule has 0 spiro atoms. The third-order valence-corrected chi connectivity index (χ3v) is 8.45. The lowest BCUT2D eigenvalue weighted by Crippen LogP contribution is -2.28. The van der Waals surface area contributed by atoms with Crippen LogP contribution in [0.3, 0.4) is 0 Å². The normalized spacial score (nSPS) is 11.9. The average molecular weight is 462 g/mol. The Bertz CT molecular complexity index is 1230. The van der Waals surface area contributed by atoms with Gasteiger partial charge in [-0.2, -0.15) is 0 Å². The number of nitrogens with one attached hydrogen (secondary N) is 1. The molecule has 0 aliphatic rings. The van der Waals surface area contributed by atoms with E-state index in [0.29, 0.717) is 27.2 Å². The van der Waals surface area contributed by atoms with Crippen LogP contribution in [0.5, 0.6) is 0 Å². The van der Waals surface area contributed by atoms with E-state index in [1.54, 1.807) is 17.5 Å². The van der Waals surface area contributed by atoms with Crippen molar-refractivity contribution in [1.29, 1.82) is 0 Å². The van der Waals surface area contributed by atoms with Crippen LogP contribution in [0.1, 0.15) is 12.8 Å². The molecule has 3 heterocycles. The minimum Gasteiger partial charge on any atom is -0.454 e.